The minimum atomic E-state index is -0.549. The molecule has 2 rings (SSSR count). The molecule has 0 atom stereocenters. The van der Waals surface area contributed by atoms with Crippen molar-refractivity contribution in [3.63, 3.8) is 0 Å². The molecule has 1 amide bonds. The molecule has 1 saturated carbocycles. The number of benzene rings is 1. The third-order valence-electron chi connectivity index (χ3n) is 3.59. The summed E-state index contributed by atoms with van der Waals surface area (Å²) in [5, 5.41) is 5.67. The summed E-state index contributed by atoms with van der Waals surface area (Å²) < 4.78 is 13.9. The molecule has 0 bridgehead atoms. The van der Waals surface area contributed by atoms with Crippen LogP contribution in [0.4, 0.5) is 15.8 Å². The normalized spacial score (nSPS) is 14.9. The van der Waals surface area contributed by atoms with E-state index in [1.165, 1.54) is 18.6 Å². The van der Waals surface area contributed by atoms with Crippen molar-refractivity contribution in [3.05, 3.63) is 23.5 Å². The first-order valence-corrected chi connectivity index (χ1v) is 7.69. The molecule has 0 aliphatic heterocycles. The number of hydrogen-bond donors (Lipinski definition) is 3. The van der Waals surface area contributed by atoms with Gasteiger partial charge < -0.3 is 16.4 Å². The maximum Gasteiger partial charge on any atom is 0.254 e. The van der Waals surface area contributed by atoms with Gasteiger partial charge in [-0.2, -0.15) is 0 Å². The third kappa shape index (κ3) is 4.62. The average molecular weight is 295 g/mol. The van der Waals surface area contributed by atoms with Gasteiger partial charge in [0.25, 0.3) is 5.91 Å². The van der Waals surface area contributed by atoms with Crippen molar-refractivity contribution in [3.8, 4) is 0 Å². The predicted octanol–water partition coefficient (Wildman–Crippen LogP) is 3.54. The summed E-state index contributed by atoms with van der Waals surface area (Å²) >= 11 is 0. The molecule has 0 unspecified atom stereocenters. The summed E-state index contributed by atoms with van der Waals surface area (Å²) in [6, 6.07) is 2.80. The fourth-order valence-electron chi connectivity index (χ4n) is 2.49. The summed E-state index contributed by atoms with van der Waals surface area (Å²) in [5.74, 6) is -0.925. The Morgan fingerprint density at radius 2 is 1.86 bits per heavy atom. The van der Waals surface area contributed by atoms with E-state index in [-0.39, 0.29) is 17.5 Å². The molecule has 0 aromatic heterocycles. The first-order valence-electron chi connectivity index (χ1n) is 7.69. The maximum atomic E-state index is 13.9. The van der Waals surface area contributed by atoms with Crippen molar-refractivity contribution in [2.45, 2.75) is 52.0 Å². The van der Waals surface area contributed by atoms with Crippen LogP contribution in [-0.4, -0.2) is 19.0 Å². The number of hydrogen-bond acceptors (Lipinski definition) is 3. The van der Waals surface area contributed by atoms with E-state index in [0.29, 0.717) is 11.4 Å². The molecular weight excluding hydrogens is 269 g/mol. The lowest BCUT2D eigenvalue weighted by Gasteiger charge is -2.23. The SMILES string of the molecule is CC.CNc1cc(F)c(C(=O)NC2CCCCC2)cc1N. The molecule has 1 aliphatic carbocycles. The molecule has 0 spiro atoms. The summed E-state index contributed by atoms with van der Waals surface area (Å²) in [6.45, 7) is 4.00. The zero-order chi connectivity index (χ0) is 15.8. The summed E-state index contributed by atoms with van der Waals surface area (Å²) in [6.07, 6.45) is 5.39. The van der Waals surface area contributed by atoms with E-state index in [1.54, 1.807) is 7.05 Å². The van der Waals surface area contributed by atoms with Crippen molar-refractivity contribution < 1.29 is 9.18 Å². The standard InChI is InChI=1S/C14H20FN3O.C2H6/c1-17-13-8-11(15)10(7-12(13)16)14(19)18-9-5-3-2-4-6-9;1-2/h7-9,17H,2-6,16H2,1H3,(H,18,19);1-2H3. The quantitative estimate of drug-likeness (QED) is 0.747. The lowest BCUT2D eigenvalue weighted by atomic mass is 9.95. The van der Waals surface area contributed by atoms with Crippen molar-refractivity contribution in [1.82, 2.24) is 5.32 Å². The second-order valence-corrected chi connectivity index (χ2v) is 4.98. The molecular formula is C16H26FN3O. The predicted molar refractivity (Wildman–Crippen MR) is 86.0 cm³/mol. The first-order chi connectivity index (χ1) is 10.1. The molecule has 4 N–H and O–H groups in total. The maximum absolute atomic E-state index is 13.9. The van der Waals surface area contributed by atoms with E-state index >= 15 is 0 Å². The third-order valence-corrected chi connectivity index (χ3v) is 3.59. The van der Waals surface area contributed by atoms with Crippen LogP contribution in [0.25, 0.3) is 0 Å². The van der Waals surface area contributed by atoms with Gasteiger partial charge in [0.2, 0.25) is 0 Å². The number of amides is 1. The van der Waals surface area contributed by atoms with E-state index in [4.69, 9.17) is 5.73 Å². The highest BCUT2D eigenvalue weighted by atomic mass is 19.1. The second-order valence-electron chi connectivity index (χ2n) is 4.98. The number of carbonyl (C=O) groups excluding carboxylic acids is 1. The lowest BCUT2D eigenvalue weighted by Crippen LogP contribution is -2.36. The number of nitrogen functional groups attached to an aromatic ring is 1. The van der Waals surface area contributed by atoms with Gasteiger partial charge in [0.1, 0.15) is 5.82 Å². The Kier molecular flexibility index (Phi) is 6.99. The van der Waals surface area contributed by atoms with Crippen LogP contribution in [0.3, 0.4) is 0 Å². The van der Waals surface area contributed by atoms with Gasteiger partial charge in [-0.1, -0.05) is 33.1 Å². The minimum Gasteiger partial charge on any atom is -0.397 e. The van der Waals surface area contributed by atoms with Crippen molar-refractivity contribution in [1.29, 1.82) is 0 Å². The van der Waals surface area contributed by atoms with E-state index < -0.39 is 5.82 Å². The monoisotopic (exact) mass is 295 g/mol. The molecule has 1 aromatic carbocycles. The Morgan fingerprint density at radius 1 is 1.24 bits per heavy atom. The van der Waals surface area contributed by atoms with Crippen molar-refractivity contribution in [2.24, 2.45) is 0 Å². The highest BCUT2D eigenvalue weighted by Gasteiger charge is 2.19. The number of halogens is 1. The fourth-order valence-corrected chi connectivity index (χ4v) is 2.49. The van der Waals surface area contributed by atoms with Crippen LogP contribution < -0.4 is 16.4 Å². The number of carbonyl (C=O) groups is 1. The van der Waals surface area contributed by atoms with E-state index in [9.17, 15) is 9.18 Å². The lowest BCUT2D eigenvalue weighted by molar-refractivity contribution is 0.0923. The van der Waals surface area contributed by atoms with Crippen LogP contribution >= 0.6 is 0 Å². The molecule has 4 nitrogen and oxygen atoms in total. The Hall–Kier alpha value is -1.78. The van der Waals surface area contributed by atoms with Crippen LogP contribution in [0.2, 0.25) is 0 Å². The van der Waals surface area contributed by atoms with Crippen LogP contribution in [0.15, 0.2) is 12.1 Å². The number of anilines is 2. The van der Waals surface area contributed by atoms with Gasteiger partial charge in [-0.05, 0) is 25.0 Å². The zero-order valence-electron chi connectivity index (χ0n) is 13.1. The van der Waals surface area contributed by atoms with Gasteiger partial charge >= 0.3 is 0 Å². The Bertz CT molecular complexity index is 471. The van der Waals surface area contributed by atoms with Crippen molar-refractivity contribution >= 4 is 17.3 Å². The first kappa shape index (κ1) is 17.3. The molecule has 0 heterocycles. The molecule has 1 aromatic rings. The molecule has 0 radical (unpaired) electrons. The summed E-state index contributed by atoms with van der Waals surface area (Å²) in [7, 11) is 1.66. The van der Waals surface area contributed by atoms with Crippen LogP contribution in [0, 0.1) is 5.82 Å². The van der Waals surface area contributed by atoms with Gasteiger partial charge in [0.15, 0.2) is 0 Å². The largest absolute Gasteiger partial charge is 0.397 e. The van der Waals surface area contributed by atoms with Crippen LogP contribution in [-0.2, 0) is 0 Å². The van der Waals surface area contributed by atoms with Gasteiger partial charge in [0, 0.05) is 13.1 Å². The highest BCUT2D eigenvalue weighted by molar-refractivity contribution is 5.96. The van der Waals surface area contributed by atoms with Gasteiger partial charge in [0.05, 0.1) is 16.9 Å². The number of nitrogens with one attached hydrogen (secondary N) is 2. The highest BCUT2D eigenvalue weighted by Crippen LogP contribution is 2.23. The number of nitrogens with two attached hydrogens (primary N) is 1. The zero-order valence-corrected chi connectivity index (χ0v) is 13.1. The fraction of sp³-hybridized carbons (Fsp3) is 0.562. The average Bonchev–Trinajstić information content (AvgIpc) is 2.52. The Morgan fingerprint density at radius 3 is 2.43 bits per heavy atom. The summed E-state index contributed by atoms with van der Waals surface area (Å²) in [4.78, 5) is 12.1. The smallest absolute Gasteiger partial charge is 0.254 e. The molecule has 118 valence electrons. The van der Waals surface area contributed by atoms with Crippen molar-refractivity contribution in [2.75, 3.05) is 18.1 Å². The molecule has 5 heteroatoms. The molecule has 0 saturated heterocycles. The molecule has 21 heavy (non-hydrogen) atoms. The number of rotatable bonds is 3. The minimum absolute atomic E-state index is 0.0158. The molecule has 1 aliphatic rings. The van der Waals surface area contributed by atoms with Gasteiger partial charge in [-0.25, -0.2) is 4.39 Å². The van der Waals surface area contributed by atoms with Gasteiger partial charge in [-0.3, -0.25) is 4.79 Å². The topological polar surface area (TPSA) is 67.2 Å². The summed E-state index contributed by atoms with van der Waals surface area (Å²) in [5.41, 5.74) is 6.64. The van der Waals surface area contributed by atoms with Crippen LogP contribution in [0.1, 0.15) is 56.3 Å². The Labute approximate surface area is 126 Å². The van der Waals surface area contributed by atoms with Gasteiger partial charge in [-0.15, -0.1) is 0 Å². The van der Waals surface area contributed by atoms with E-state index in [2.05, 4.69) is 10.6 Å². The van der Waals surface area contributed by atoms with Crippen LogP contribution in [0.5, 0.6) is 0 Å². The Balaban J connectivity index is 0.00000106. The van der Waals surface area contributed by atoms with E-state index in [0.717, 1.165) is 25.7 Å². The second kappa shape index (κ2) is 8.49. The molecule has 1 fully saturated rings. The van der Waals surface area contributed by atoms with E-state index in [1.807, 2.05) is 13.8 Å².